The third-order valence-corrected chi connectivity index (χ3v) is 3.46. The number of amides is 1. The van der Waals surface area contributed by atoms with Crippen molar-refractivity contribution >= 4 is 29.0 Å². The number of hydrogen-bond acceptors (Lipinski definition) is 4. The van der Waals surface area contributed by atoms with E-state index in [1.165, 1.54) is 12.8 Å². The van der Waals surface area contributed by atoms with Crippen LogP contribution in [0.2, 0.25) is 5.28 Å². The van der Waals surface area contributed by atoms with Crippen LogP contribution < -0.4 is 9.80 Å². The Balaban J connectivity index is 2.09. The average Bonchev–Trinajstić information content (AvgIpc) is 3.12. The SMILES string of the molecule is CN1C(=O)CCN(C2CC2)c2nc(Cl)ncc21. The highest BCUT2D eigenvalue weighted by Crippen LogP contribution is 2.37. The van der Waals surface area contributed by atoms with Gasteiger partial charge in [0.1, 0.15) is 5.69 Å². The molecule has 0 radical (unpaired) electrons. The highest BCUT2D eigenvalue weighted by molar-refractivity contribution is 6.28. The van der Waals surface area contributed by atoms with Crippen LogP contribution in [0.25, 0.3) is 0 Å². The lowest BCUT2D eigenvalue weighted by molar-refractivity contribution is -0.118. The Morgan fingerprint density at radius 2 is 2.24 bits per heavy atom. The number of hydrogen-bond donors (Lipinski definition) is 0. The predicted octanol–water partition coefficient (Wildman–Crippen LogP) is 1.47. The van der Waals surface area contributed by atoms with E-state index in [2.05, 4.69) is 14.9 Å². The molecule has 3 rings (SSSR count). The number of halogens is 1. The molecule has 0 N–H and O–H groups in total. The Hall–Kier alpha value is -1.36. The van der Waals surface area contributed by atoms with E-state index < -0.39 is 0 Å². The molecular formula is C11H13ClN4O. The number of rotatable bonds is 1. The molecule has 1 aromatic rings. The number of carbonyl (C=O) groups excluding carboxylic acids is 1. The lowest BCUT2D eigenvalue weighted by atomic mass is 10.3. The van der Waals surface area contributed by atoms with E-state index in [-0.39, 0.29) is 11.2 Å². The second-order valence-corrected chi connectivity index (χ2v) is 4.81. The summed E-state index contributed by atoms with van der Waals surface area (Å²) in [6, 6.07) is 0.513. The van der Waals surface area contributed by atoms with E-state index in [0.717, 1.165) is 11.5 Å². The van der Waals surface area contributed by atoms with Crippen LogP contribution in [-0.2, 0) is 4.79 Å². The first-order valence-corrected chi connectivity index (χ1v) is 6.10. The predicted molar refractivity (Wildman–Crippen MR) is 65.4 cm³/mol. The lowest BCUT2D eigenvalue weighted by Gasteiger charge is -2.23. The molecule has 17 heavy (non-hydrogen) atoms. The molecule has 0 bridgehead atoms. The smallest absolute Gasteiger partial charge is 0.228 e. The molecule has 1 aromatic heterocycles. The maximum absolute atomic E-state index is 11.9. The standard InChI is InChI=1S/C11H13ClN4O/c1-15-8-6-13-11(12)14-10(8)16(7-2-3-7)5-4-9(15)17/h6-7H,2-5H2,1H3. The Bertz CT molecular complexity index is 475. The minimum atomic E-state index is 0.0975. The van der Waals surface area contributed by atoms with Crippen LogP contribution in [0.5, 0.6) is 0 Å². The molecule has 1 fully saturated rings. The molecule has 0 saturated heterocycles. The minimum absolute atomic E-state index is 0.0975. The third-order valence-electron chi connectivity index (χ3n) is 3.28. The number of fused-ring (bicyclic) bond motifs is 1. The fourth-order valence-corrected chi connectivity index (χ4v) is 2.29. The van der Waals surface area contributed by atoms with Crippen molar-refractivity contribution in [2.45, 2.75) is 25.3 Å². The minimum Gasteiger partial charge on any atom is -0.351 e. The van der Waals surface area contributed by atoms with Gasteiger partial charge in [-0.3, -0.25) is 4.79 Å². The Morgan fingerprint density at radius 3 is 2.94 bits per heavy atom. The van der Waals surface area contributed by atoms with Crippen LogP contribution in [0.3, 0.4) is 0 Å². The van der Waals surface area contributed by atoms with Gasteiger partial charge in [-0.15, -0.1) is 0 Å². The van der Waals surface area contributed by atoms with E-state index in [4.69, 9.17) is 11.6 Å². The molecule has 1 aliphatic heterocycles. The van der Waals surface area contributed by atoms with Gasteiger partial charge in [0, 0.05) is 26.1 Å². The van der Waals surface area contributed by atoms with Gasteiger partial charge in [-0.1, -0.05) is 0 Å². The van der Waals surface area contributed by atoms with E-state index in [1.54, 1.807) is 18.1 Å². The lowest BCUT2D eigenvalue weighted by Crippen LogP contribution is -2.27. The molecular weight excluding hydrogens is 240 g/mol. The van der Waals surface area contributed by atoms with Crippen molar-refractivity contribution in [2.75, 3.05) is 23.4 Å². The van der Waals surface area contributed by atoms with Crippen LogP contribution in [-0.4, -0.2) is 35.5 Å². The van der Waals surface area contributed by atoms with Crippen molar-refractivity contribution < 1.29 is 4.79 Å². The summed E-state index contributed by atoms with van der Waals surface area (Å²) in [5.74, 6) is 0.890. The summed E-state index contributed by atoms with van der Waals surface area (Å²) in [6.45, 7) is 0.716. The zero-order valence-electron chi connectivity index (χ0n) is 9.56. The van der Waals surface area contributed by atoms with Gasteiger partial charge < -0.3 is 9.80 Å². The summed E-state index contributed by atoms with van der Waals surface area (Å²) >= 11 is 5.85. The summed E-state index contributed by atoms with van der Waals surface area (Å²) in [5, 5.41) is 0.233. The zero-order valence-corrected chi connectivity index (χ0v) is 10.3. The first-order valence-electron chi connectivity index (χ1n) is 5.72. The zero-order chi connectivity index (χ0) is 12.0. The fourth-order valence-electron chi connectivity index (χ4n) is 2.16. The highest BCUT2D eigenvalue weighted by atomic mass is 35.5. The van der Waals surface area contributed by atoms with Gasteiger partial charge in [-0.25, -0.2) is 4.98 Å². The molecule has 0 aromatic carbocycles. The summed E-state index contributed by atoms with van der Waals surface area (Å²) in [7, 11) is 1.76. The van der Waals surface area contributed by atoms with Crippen LogP contribution in [0, 0.1) is 0 Å². The molecule has 90 valence electrons. The largest absolute Gasteiger partial charge is 0.351 e. The van der Waals surface area contributed by atoms with Crippen LogP contribution >= 0.6 is 11.6 Å². The summed E-state index contributed by atoms with van der Waals surface area (Å²) in [6.07, 6.45) is 4.47. The van der Waals surface area contributed by atoms with Gasteiger partial charge in [0.05, 0.1) is 6.20 Å². The molecule has 1 saturated carbocycles. The normalized spacial score (nSPS) is 20.2. The van der Waals surface area contributed by atoms with Gasteiger partial charge in [0.25, 0.3) is 0 Å². The number of nitrogens with zero attached hydrogens (tertiary/aromatic N) is 4. The second kappa shape index (κ2) is 3.84. The summed E-state index contributed by atoms with van der Waals surface area (Å²) in [5.41, 5.74) is 0.754. The molecule has 0 atom stereocenters. The summed E-state index contributed by atoms with van der Waals surface area (Å²) < 4.78 is 0. The topological polar surface area (TPSA) is 49.3 Å². The van der Waals surface area contributed by atoms with Crippen molar-refractivity contribution in [2.24, 2.45) is 0 Å². The number of carbonyl (C=O) groups is 1. The van der Waals surface area contributed by atoms with E-state index in [1.807, 2.05) is 0 Å². The van der Waals surface area contributed by atoms with E-state index in [0.29, 0.717) is 19.0 Å². The third kappa shape index (κ3) is 1.84. The number of anilines is 2. The number of aromatic nitrogens is 2. The summed E-state index contributed by atoms with van der Waals surface area (Å²) in [4.78, 5) is 23.9. The Morgan fingerprint density at radius 1 is 1.47 bits per heavy atom. The molecule has 1 amide bonds. The van der Waals surface area contributed by atoms with Crippen molar-refractivity contribution in [3.8, 4) is 0 Å². The quantitative estimate of drug-likeness (QED) is 0.710. The first kappa shape index (κ1) is 10.8. The maximum Gasteiger partial charge on any atom is 0.228 e. The molecule has 6 heteroatoms. The van der Waals surface area contributed by atoms with Gasteiger partial charge in [0.2, 0.25) is 11.2 Å². The average molecular weight is 253 g/mol. The first-order chi connectivity index (χ1) is 8.16. The van der Waals surface area contributed by atoms with Crippen molar-refractivity contribution in [1.29, 1.82) is 0 Å². The van der Waals surface area contributed by atoms with Crippen molar-refractivity contribution in [3.05, 3.63) is 11.5 Å². The Labute approximate surface area is 104 Å². The maximum atomic E-state index is 11.9. The highest BCUT2D eigenvalue weighted by Gasteiger charge is 2.35. The van der Waals surface area contributed by atoms with Crippen LogP contribution in [0.15, 0.2) is 6.20 Å². The van der Waals surface area contributed by atoms with E-state index in [9.17, 15) is 4.79 Å². The van der Waals surface area contributed by atoms with Crippen molar-refractivity contribution in [3.63, 3.8) is 0 Å². The van der Waals surface area contributed by atoms with Crippen LogP contribution in [0.1, 0.15) is 19.3 Å². The second-order valence-electron chi connectivity index (χ2n) is 4.48. The molecule has 2 aliphatic rings. The van der Waals surface area contributed by atoms with Crippen molar-refractivity contribution in [1.82, 2.24) is 9.97 Å². The molecule has 2 heterocycles. The monoisotopic (exact) mass is 252 g/mol. The van der Waals surface area contributed by atoms with Gasteiger partial charge >= 0.3 is 0 Å². The Kier molecular flexibility index (Phi) is 2.43. The van der Waals surface area contributed by atoms with Crippen LogP contribution in [0.4, 0.5) is 11.5 Å². The van der Waals surface area contributed by atoms with Gasteiger partial charge in [-0.05, 0) is 24.4 Å². The molecule has 0 unspecified atom stereocenters. The van der Waals surface area contributed by atoms with Gasteiger partial charge in [-0.2, -0.15) is 4.98 Å². The van der Waals surface area contributed by atoms with Gasteiger partial charge in [0.15, 0.2) is 5.82 Å². The molecule has 5 nitrogen and oxygen atoms in total. The van der Waals surface area contributed by atoms with E-state index >= 15 is 0 Å². The molecule has 0 spiro atoms. The fraction of sp³-hybridized carbons (Fsp3) is 0.545. The molecule has 1 aliphatic carbocycles.